The molecule has 0 radical (unpaired) electrons. The molecule has 1 N–H and O–H groups in total. The Morgan fingerprint density at radius 1 is 0.865 bits per heavy atom. The molecule has 4 nitrogen and oxygen atoms in total. The number of hydrogen-bond donors (Lipinski definition) is 1. The first-order valence-electron chi connectivity index (χ1n) is 13.4. The lowest BCUT2D eigenvalue weighted by Gasteiger charge is -2.24. The van der Waals surface area contributed by atoms with E-state index in [1.54, 1.807) is 6.07 Å². The lowest BCUT2D eigenvalue weighted by Crippen LogP contribution is -2.26. The Morgan fingerprint density at radius 3 is 2.27 bits per heavy atom. The molecule has 37 heavy (non-hydrogen) atoms. The van der Waals surface area contributed by atoms with Crippen LogP contribution >= 0.6 is 0 Å². The van der Waals surface area contributed by atoms with E-state index < -0.39 is 0 Å². The molecule has 0 spiro atoms. The van der Waals surface area contributed by atoms with Crippen LogP contribution in [0.5, 0.6) is 5.75 Å². The second kappa shape index (κ2) is 12.7. The van der Waals surface area contributed by atoms with Crippen molar-refractivity contribution < 1.29 is 9.50 Å². The summed E-state index contributed by atoms with van der Waals surface area (Å²) in [5.74, 6) is 1.04. The van der Waals surface area contributed by atoms with Crippen LogP contribution in [0.3, 0.4) is 0 Å². The SMILES string of the molecule is CCCCN(Cc1ccc(O)c(C)c1)Cc1c(-c2ccc(F)cc2)nc(-c2ccccc2)n1CCCC. The highest BCUT2D eigenvalue weighted by atomic mass is 19.1. The summed E-state index contributed by atoms with van der Waals surface area (Å²) in [4.78, 5) is 7.65. The maximum absolute atomic E-state index is 13.8. The third-order valence-corrected chi connectivity index (χ3v) is 6.83. The lowest BCUT2D eigenvalue weighted by atomic mass is 10.1. The zero-order valence-corrected chi connectivity index (χ0v) is 22.3. The van der Waals surface area contributed by atoms with Crippen LogP contribution in [0.2, 0.25) is 0 Å². The van der Waals surface area contributed by atoms with E-state index in [1.165, 1.54) is 17.7 Å². The van der Waals surface area contributed by atoms with Gasteiger partial charge in [-0.05, 0) is 67.8 Å². The van der Waals surface area contributed by atoms with Gasteiger partial charge in [-0.15, -0.1) is 0 Å². The summed E-state index contributed by atoms with van der Waals surface area (Å²) in [5.41, 5.74) is 6.16. The van der Waals surface area contributed by atoms with Crippen molar-refractivity contribution >= 4 is 0 Å². The second-order valence-corrected chi connectivity index (χ2v) is 9.79. The molecule has 0 saturated carbocycles. The summed E-state index contributed by atoms with van der Waals surface area (Å²) in [5, 5.41) is 10.0. The fourth-order valence-corrected chi connectivity index (χ4v) is 4.73. The van der Waals surface area contributed by atoms with Crippen molar-refractivity contribution in [2.45, 2.75) is 66.1 Å². The first-order chi connectivity index (χ1) is 18.0. The zero-order valence-electron chi connectivity index (χ0n) is 22.3. The fourth-order valence-electron chi connectivity index (χ4n) is 4.73. The van der Waals surface area contributed by atoms with Crippen molar-refractivity contribution in [1.82, 2.24) is 14.5 Å². The van der Waals surface area contributed by atoms with E-state index in [1.807, 2.05) is 43.3 Å². The molecule has 1 heterocycles. The number of rotatable bonds is 12. The average Bonchev–Trinajstić information content (AvgIpc) is 3.26. The molecule has 0 atom stereocenters. The van der Waals surface area contributed by atoms with E-state index in [0.29, 0.717) is 5.75 Å². The topological polar surface area (TPSA) is 41.3 Å². The van der Waals surface area contributed by atoms with Gasteiger partial charge in [-0.1, -0.05) is 69.2 Å². The minimum Gasteiger partial charge on any atom is -0.508 e. The van der Waals surface area contributed by atoms with Crippen molar-refractivity contribution in [1.29, 1.82) is 0 Å². The number of unbranched alkanes of at least 4 members (excludes halogenated alkanes) is 2. The molecular weight excluding hydrogens is 461 g/mol. The number of benzene rings is 3. The van der Waals surface area contributed by atoms with Crippen molar-refractivity contribution in [3.05, 3.63) is 95.4 Å². The Bertz CT molecular complexity index is 1280. The largest absolute Gasteiger partial charge is 0.508 e. The van der Waals surface area contributed by atoms with Crippen LogP contribution in [-0.4, -0.2) is 26.1 Å². The molecule has 0 aliphatic carbocycles. The molecule has 0 saturated heterocycles. The van der Waals surface area contributed by atoms with Gasteiger partial charge in [0, 0.05) is 30.8 Å². The standard InChI is InChI=1S/C32H38FN3O/c1-4-6-19-35(22-25-13-18-30(37)24(3)21-25)23-29-31(26-14-16-28(33)17-15-26)34-32(36(29)20-7-5-2)27-11-9-8-10-12-27/h8-18,21,37H,4-7,19-20,22-23H2,1-3H3. The molecule has 1 aromatic heterocycles. The van der Waals surface area contributed by atoms with Gasteiger partial charge in [0.25, 0.3) is 0 Å². The number of halogens is 1. The van der Waals surface area contributed by atoms with E-state index >= 15 is 0 Å². The Balaban J connectivity index is 1.80. The van der Waals surface area contributed by atoms with Crippen LogP contribution < -0.4 is 0 Å². The quantitative estimate of drug-likeness (QED) is 0.215. The van der Waals surface area contributed by atoms with Gasteiger partial charge in [0.1, 0.15) is 17.4 Å². The minimum absolute atomic E-state index is 0.244. The van der Waals surface area contributed by atoms with E-state index in [2.05, 4.69) is 41.5 Å². The summed E-state index contributed by atoms with van der Waals surface area (Å²) in [6.45, 7) is 9.71. The first kappa shape index (κ1) is 26.6. The van der Waals surface area contributed by atoms with Gasteiger partial charge in [-0.25, -0.2) is 9.37 Å². The third kappa shape index (κ3) is 6.66. The van der Waals surface area contributed by atoms with Crippen LogP contribution in [0.1, 0.15) is 56.4 Å². The molecule has 0 amide bonds. The summed E-state index contributed by atoms with van der Waals surface area (Å²) < 4.78 is 16.2. The van der Waals surface area contributed by atoms with Crippen LogP contribution in [-0.2, 0) is 19.6 Å². The molecule has 0 bridgehead atoms. The van der Waals surface area contributed by atoms with Gasteiger partial charge < -0.3 is 9.67 Å². The number of hydrogen-bond acceptors (Lipinski definition) is 3. The monoisotopic (exact) mass is 499 g/mol. The normalized spacial score (nSPS) is 11.4. The summed E-state index contributed by atoms with van der Waals surface area (Å²) in [6.07, 6.45) is 4.35. The van der Waals surface area contributed by atoms with E-state index in [0.717, 1.165) is 85.8 Å². The third-order valence-electron chi connectivity index (χ3n) is 6.83. The zero-order chi connectivity index (χ0) is 26.2. The maximum Gasteiger partial charge on any atom is 0.140 e. The molecule has 0 unspecified atom stereocenters. The number of aromatic nitrogens is 2. The van der Waals surface area contributed by atoms with Crippen molar-refractivity contribution in [3.63, 3.8) is 0 Å². The molecule has 4 rings (SSSR count). The van der Waals surface area contributed by atoms with Gasteiger partial charge in [0.05, 0.1) is 11.4 Å². The molecule has 0 aliphatic heterocycles. The van der Waals surface area contributed by atoms with Crippen molar-refractivity contribution in [2.24, 2.45) is 0 Å². The van der Waals surface area contributed by atoms with Gasteiger partial charge in [-0.2, -0.15) is 0 Å². The summed E-state index contributed by atoms with van der Waals surface area (Å²) >= 11 is 0. The fraction of sp³-hybridized carbons (Fsp3) is 0.344. The highest BCUT2D eigenvalue weighted by Gasteiger charge is 2.22. The van der Waals surface area contributed by atoms with Gasteiger partial charge in [-0.3, -0.25) is 4.90 Å². The smallest absolute Gasteiger partial charge is 0.140 e. The van der Waals surface area contributed by atoms with Gasteiger partial charge in [0.2, 0.25) is 0 Å². The average molecular weight is 500 g/mol. The minimum atomic E-state index is -0.244. The maximum atomic E-state index is 13.8. The summed E-state index contributed by atoms with van der Waals surface area (Å²) in [7, 11) is 0. The van der Waals surface area contributed by atoms with Gasteiger partial charge >= 0.3 is 0 Å². The van der Waals surface area contributed by atoms with Crippen LogP contribution in [0.25, 0.3) is 22.6 Å². The number of phenolic OH excluding ortho intramolecular Hbond substituents is 1. The molecule has 5 heteroatoms. The number of aromatic hydroxyl groups is 1. The molecule has 0 aliphatic rings. The number of nitrogens with zero attached hydrogens (tertiary/aromatic N) is 3. The van der Waals surface area contributed by atoms with E-state index in [9.17, 15) is 9.50 Å². The molecular formula is C32H38FN3O. The highest BCUT2D eigenvalue weighted by molar-refractivity contribution is 5.68. The highest BCUT2D eigenvalue weighted by Crippen LogP contribution is 2.32. The van der Waals surface area contributed by atoms with Crippen LogP contribution in [0, 0.1) is 12.7 Å². The Kier molecular flexibility index (Phi) is 9.13. The second-order valence-electron chi connectivity index (χ2n) is 9.79. The predicted molar refractivity (Wildman–Crippen MR) is 150 cm³/mol. The predicted octanol–water partition coefficient (Wildman–Crippen LogP) is 7.97. The van der Waals surface area contributed by atoms with Gasteiger partial charge in [0.15, 0.2) is 0 Å². The van der Waals surface area contributed by atoms with E-state index in [4.69, 9.17) is 4.98 Å². The Hall–Kier alpha value is -3.44. The van der Waals surface area contributed by atoms with Crippen LogP contribution in [0.15, 0.2) is 72.8 Å². The Morgan fingerprint density at radius 2 is 1.59 bits per heavy atom. The summed E-state index contributed by atoms with van der Waals surface area (Å²) in [6, 6.07) is 22.9. The molecule has 194 valence electrons. The molecule has 4 aromatic rings. The number of aryl methyl sites for hydroxylation is 1. The molecule has 3 aromatic carbocycles. The lowest BCUT2D eigenvalue weighted by molar-refractivity contribution is 0.246. The Labute approximate surface area is 220 Å². The van der Waals surface area contributed by atoms with Crippen molar-refractivity contribution in [3.8, 4) is 28.4 Å². The first-order valence-corrected chi connectivity index (χ1v) is 13.4. The molecule has 0 fully saturated rings. The van der Waals surface area contributed by atoms with Crippen LogP contribution in [0.4, 0.5) is 4.39 Å². The van der Waals surface area contributed by atoms with E-state index in [-0.39, 0.29) is 5.82 Å². The number of phenols is 1. The van der Waals surface area contributed by atoms with Crippen molar-refractivity contribution in [2.75, 3.05) is 6.54 Å². The number of imidazole rings is 1.